The standard InChI is InChI=1S/C9H13NO3/c1-3-6(5-13-2)7-4-8(11)10-9(7)12/h3-5H2,1-2H3,(H,10,11,12). The van der Waals surface area contributed by atoms with Crippen LogP contribution < -0.4 is 5.32 Å². The van der Waals surface area contributed by atoms with Crippen LogP contribution in [0.3, 0.4) is 0 Å². The van der Waals surface area contributed by atoms with Gasteiger partial charge in [-0.25, -0.2) is 0 Å². The molecule has 2 amide bonds. The Morgan fingerprint density at radius 1 is 1.54 bits per heavy atom. The lowest BCUT2D eigenvalue weighted by Crippen LogP contribution is -2.20. The zero-order chi connectivity index (χ0) is 9.84. The lowest BCUT2D eigenvalue weighted by atomic mass is 10.1. The fraction of sp³-hybridized carbons (Fsp3) is 0.556. The van der Waals surface area contributed by atoms with Crippen molar-refractivity contribution in [3.8, 4) is 0 Å². The molecule has 1 N–H and O–H groups in total. The number of methoxy groups -OCH3 is 1. The maximum atomic E-state index is 11.2. The first-order valence-electron chi connectivity index (χ1n) is 4.23. The van der Waals surface area contributed by atoms with E-state index >= 15 is 0 Å². The Balaban J connectivity index is 2.87. The number of amides is 2. The first-order chi connectivity index (χ1) is 6.19. The number of imide groups is 1. The molecule has 4 nitrogen and oxygen atoms in total. The van der Waals surface area contributed by atoms with Gasteiger partial charge in [0.05, 0.1) is 13.0 Å². The molecule has 0 aromatic rings. The van der Waals surface area contributed by atoms with E-state index in [0.29, 0.717) is 12.2 Å². The summed E-state index contributed by atoms with van der Waals surface area (Å²) in [7, 11) is 1.57. The van der Waals surface area contributed by atoms with Gasteiger partial charge in [-0.1, -0.05) is 6.92 Å². The van der Waals surface area contributed by atoms with Crippen molar-refractivity contribution in [3.05, 3.63) is 11.1 Å². The number of carbonyl (C=O) groups excluding carboxylic acids is 2. The van der Waals surface area contributed by atoms with E-state index in [1.54, 1.807) is 7.11 Å². The predicted molar refractivity (Wildman–Crippen MR) is 47.0 cm³/mol. The number of ether oxygens (including phenoxy) is 1. The molecule has 1 aliphatic rings. The molecule has 0 aromatic carbocycles. The van der Waals surface area contributed by atoms with E-state index in [-0.39, 0.29) is 18.2 Å². The molecular weight excluding hydrogens is 170 g/mol. The van der Waals surface area contributed by atoms with Gasteiger partial charge < -0.3 is 4.74 Å². The number of carbonyl (C=O) groups is 2. The van der Waals surface area contributed by atoms with Crippen molar-refractivity contribution in [3.63, 3.8) is 0 Å². The third-order valence-electron chi connectivity index (χ3n) is 2.04. The molecule has 0 bridgehead atoms. The average Bonchev–Trinajstić information content (AvgIpc) is 2.41. The third kappa shape index (κ3) is 2.15. The minimum atomic E-state index is -0.265. The van der Waals surface area contributed by atoms with Crippen molar-refractivity contribution in [2.45, 2.75) is 19.8 Å². The number of hydrogen-bond donors (Lipinski definition) is 1. The average molecular weight is 183 g/mol. The zero-order valence-corrected chi connectivity index (χ0v) is 7.85. The highest BCUT2D eigenvalue weighted by molar-refractivity contribution is 6.13. The highest BCUT2D eigenvalue weighted by Crippen LogP contribution is 2.17. The number of hydrogen-bond acceptors (Lipinski definition) is 3. The molecule has 0 aliphatic carbocycles. The Labute approximate surface area is 76.9 Å². The van der Waals surface area contributed by atoms with Crippen molar-refractivity contribution in [2.24, 2.45) is 0 Å². The smallest absolute Gasteiger partial charge is 0.254 e. The molecule has 0 unspecified atom stereocenters. The number of nitrogens with one attached hydrogen (secondary N) is 1. The Morgan fingerprint density at radius 2 is 2.23 bits per heavy atom. The molecule has 13 heavy (non-hydrogen) atoms. The first kappa shape index (κ1) is 9.92. The molecule has 72 valence electrons. The molecule has 1 heterocycles. The summed E-state index contributed by atoms with van der Waals surface area (Å²) in [5, 5.41) is 2.25. The third-order valence-corrected chi connectivity index (χ3v) is 2.04. The Kier molecular flexibility index (Phi) is 3.19. The van der Waals surface area contributed by atoms with Crippen LogP contribution >= 0.6 is 0 Å². The van der Waals surface area contributed by atoms with Crippen molar-refractivity contribution in [1.29, 1.82) is 0 Å². The molecule has 0 saturated carbocycles. The molecule has 0 atom stereocenters. The number of rotatable bonds is 3. The second-order valence-corrected chi connectivity index (χ2v) is 2.92. The zero-order valence-electron chi connectivity index (χ0n) is 7.85. The largest absolute Gasteiger partial charge is 0.380 e. The lowest BCUT2D eigenvalue weighted by molar-refractivity contribution is -0.124. The van der Waals surface area contributed by atoms with Crippen LogP contribution in [0.5, 0.6) is 0 Å². The van der Waals surface area contributed by atoms with Crippen LogP contribution in [0.4, 0.5) is 0 Å². The van der Waals surface area contributed by atoms with Crippen molar-refractivity contribution in [1.82, 2.24) is 5.32 Å². The van der Waals surface area contributed by atoms with Crippen LogP contribution in [0.2, 0.25) is 0 Å². The Hall–Kier alpha value is -1.16. The van der Waals surface area contributed by atoms with E-state index in [1.165, 1.54) is 0 Å². The summed E-state index contributed by atoms with van der Waals surface area (Å²) in [5.74, 6) is -0.485. The van der Waals surface area contributed by atoms with Gasteiger partial charge in [0.15, 0.2) is 0 Å². The quantitative estimate of drug-likeness (QED) is 0.508. The summed E-state index contributed by atoms with van der Waals surface area (Å²) in [5.41, 5.74) is 1.49. The molecule has 1 fully saturated rings. The van der Waals surface area contributed by atoms with E-state index in [1.807, 2.05) is 6.92 Å². The van der Waals surface area contributed by atoms with Gasteiger partial charge in [-0.05, 0) is 12.0 Å². The fourth-order valence-corrected chi connectivity index (χ4v) is 1.35. The van der Waals surface area contributed by atoms with Crippen LogP contribution in [0.25, 0.3) is 0 Å². The van der Waals surface area contributed by atoms with Crippen LogP contribution in [0.1, 0.15) is 19.8 Å². The molecular formula is C9H13NO3. The van der Waals surface area contributed by atoms with Crippen molar-refractivity contribution < 1.29 is 14.3 Å². The molecule has 1 aliphatic heterocycles. The maximum absolute atomic E-state index is 11.2. The van der Waals surface area contributed by atoms with Gasteiger partial charge in [-0.15, -0.1) is 0 Å². The second-order valence-electron chi connectivity index (χ2n) is 2.92. The van der Waals surface area contributed by atoms with Crippen LogP contribution in [-0.2, 0) is 14.3 Å². The highest BCUT2D eigenvalue weighted by atomic mass is 16.5. The summed E-state index contributed by atoms with van der Waals surface area (Å²) in [6.45, 7) is 2.37. The molecule has 0 spiro atoms. The fourth-order valence-electron chi connectivity index (χ4n) is 1.35. The minimum Gasteiger partial charge on any atom is -0.380 e. The van der Waals surface area contributed by atoms with Crippen LogP contribution in [0.15, 0.2) is 11.1 Å². The van der Waals surface area contributed by atoms with Gasteiger partial charge in [0.2, 0.25) is 5.91 Å². The summed E-state index contributed by atoms with van der Waals surface area (Å²) in [6.07, 6.45) is 0.940. The van der Waals surface area contributed by atoms with Crippen molar-refractivity contribution in [2.75, 3.05) is 13.7 Å². The van der Waals surface area contributed by atoms with Gasteiger partial charge in [-0.3, -0.25) is 14.9 Å². The predicted octanol–water partition coefficient (Wildman–Crippen LogP) is 0.386. The molecule has 4 heteroatoms. The summed E-state index contributed by atoms with van der Waals surface area (Å²) >= 11 is 0. The molecule has 0 aromatic heterocycles. The van der Waals surface area contributed by atoms with Gasteiger partial charge in [0.1, 0.15) is 0 Å². The maximum Gasteiger partial charge on any atom is 0.254 e. The van der Waals surface area contributed by atoms with E-state index in [0.717, 1.165) is 12.0 Å². The Bertz CT molecular complexity index is 268. The van der Waals surface area contributed by atoms with Crippen molar-refractivity contribution >= 4 is 11.8 Å². The van der Waals surface area contributed by atoms with E-state index in [4.69, 9.17) is 4.74 Å². The van der Waals surface area contributed by atoms with E-state index in [2.05, 4.69) is 5.32 Å². The monoisotopic (exact) mass is 183 g/mol. The van der Waals surface area contributed by atoms with E-state index < -0.39 is 0 Å². The Morgan fingerprint density at radius 3 is 2.62 bits per heavy atom. The summed E-state index contributed by atoms with van der Waals surface area (Å²) in [6, 6.07) is 0. The van der Waals surface area contributed by atoms with Crippen LogP contribution in [-0.4, -0.2) is 25.5 Å². The molecule has 1 saturated heterocycles. The van der Waals surface area contributed by atoms with Crippen LogP contribution in [0, 0.1) is 0 Å². The summed E-state index contributed by atoms with van der Waals surface area (Å²) in [4.78, 5) is 22.1. The van der Waals surface area contributed by atoms with Gasteiger partial charge >= 0.3 is 0 Å². The molecule has 0 radical (unpaired) electrons. The topological polar surface area (TPSA) is 55.4 Å². The first-order valence-corrected chi connectivity index (χ1v) is 4.23. The normalized spacial score (nSPS) is 20.5. The molecule has 1 rings (SSSR count). The minimum absolute atomic E-state index is 0.200. The summed E-state index contributed by atoms with van der Waals surface area (Å²) < 4.78 is 4.94. The highest BCUT2D eigenvalue weighted by Gasteiger charge is 2.26. The SMILES string of the molecule is CCC(COC)=C1CC(=O)NC1=O. The second kappa shape index (κ2) is 4.18. The van der Waals surface area contributed by atoms with Gasteiger partial charge in [-0.2, -0.15) is 0 Å². The van der Waals surface area contributed by atoms with Gasteiger partial charge in [0.25, 0.3) is 5.91 Å². The van der Waals surface area contributed by atoms with E-state index in [9.17, 15) is 9.59 Å². The van der Waals surface area contributed by atoms with Gasteiger partial charge in [0, 0.05) is 12.7 Å². The lowest BCUT2D eigenvalue weighted by Gasteiger charge is -2.04.